The van der Waals surface area contributed by atoms with Gasteiger partial charge in [-0.1, -0.05) is 42.5 Å². The van der Waals surface area contributed by atoms with Crippen LogP contribution in [0.5, 0.6) is 0 Å². The highest BCUT2D eigenvalue weighted by molar-refractivity contribution is 7.90. The number of hydrogen-bond donors (Lipinski definition) is 3. The summed E-state index contributed by atoms with van der Waals surface area (Å²) in [5, 5.41) is 12.6. The second kappa shape index (κ2) is 11.3. The average molecular weight is 492 g/mol. The van der Waals surface area contributed by atoms with Crippen LogP contribution in [0.25, 0.3) is 0 Å². The second-order valence-electron chi connectivity index (χ2n) is 9.08. The fourth-order valence-electron chi connectivity index (χ4n) is 4.04. The van der Waals surface area contributed by atoms with Crippen molar-refractivity contribution < 1.29 is 22.7 Å². The Bertz CT molecular complexity index is 1090. The number of rotatable bonds is 10. The van der Waals surface area contributed by atoms with Gasteiger partial charge in [-0.15, -0.1) is 0 Å². The molecule has 186 valence electrons. The van der Waals surface area contributed by atoms with E-state index >= 15 is 0 Å². The second-order valence-corrected chi connectivity index (χ2v) is 10.9. The minimum atomic E-state index is -3.75. The Balaban J connectivity index is 1.62. The van der Waals surface area contributed by atoms with Crippen molar-refractivity contribution in [1.82, 2.24) is 10.0 Å². The van der Waals surface area contributed by atoms with Gasteiger partial charge in [0.2, 0.25) is 10.0 Å². The Morgan fingerprint density at radius 2 is 1.85 bits per heavy atom. The number of nitrogens with zero attached hydrogens (tertiary/aromatic N) is 1. The van der Waals surface area contributed by atoms with Crippen LogP contribution in [-0.2, 0) is 27.6 Å². The predicted octanol–water partition coefficient (Wildman–Crippen LogP) is 3.10. The fourth-order valence-corrected chi connectivity index (χ4v) is 5.74. The third-order valence-corrected chi connectivity index (χ3v) is 7.94. The van der Waals surface area contributed by atoms with Crippen LogP contribution in [-0.4, -0.2) is 50.5 Å². The third-order valence-electron chi connectivity index (χ3n) is 6.00. The van der Waals surface area contributed by atoms with Gasteiger partial charge in [-0.3, -0.25) is 0 Å². The van der Waals surface area contributed by atoms with Gasteiger partial charge in [0.25, 0.3) is 6.02 Å². The monoisotopic (exact) mass is 491 g/mol. The number of aliphatic hydroxyl groups is 1. The van der Waals surface area contributed by atoms with E-state index in [4.69, 9.17) is 4.74 Å². The maximum atomic E-state index is 13.8. The van der Waals surface area contributed by atoms with Crippen molar-refractivity contribution in [3.63, 3.8) is 0 Å². The zero-order valence-electron chi connectivity index (χ0n) is 19.9. The van der Waals surface area contributed by atoms with E-state index in [0.717, 1.165) is 24.9 Å². The number of aryl methyl sites for hydroxylation is 1. The van der Waals surface area contributed by atoms with E-state index in [1.165, 1.54) is 17.7 Å². The molecule has 9 heteroatoms. The Morgan fingerprint density at radius 3 is 2.50 bits per heavy atom. The number of amidine groups is 1. The van der Waals surface area contributed by atoms with Crippen LogP contribution in [0.4, 0.5) is 4.39 Å². The van der Waals surface area contributed by atoms with Gasteiger partial charge < -0.3 is 15.2 Å². The highest BCUT2D eigenvalue weighted by Crippen LogP contribution is 2.29. The number of aliphatic hydroxyl groups excluding tert-OH is 1. The van der Waals surface area contributed by atoms with Crippen LogP contribution >= 0.6 is 0 Å². The molecule has 0 aliphatic carbocycles. The first-order valence-corrected chi connectivity index (χ1v) is 13.1. The number of ether oxygens (including phenoxy) is 1. The number of aliphatic imine (C=N–C) groups is 1. The summed E-state index contributed by atoms with van der Waals surface area (Å²) in [6.45, 7) is 4.48. The first-order chi connectivity index (χ1) is 16.1. The zero-order valence-corrected chi connectivity index (χ0v) is 20.7. The Hall–Kier alpha value is -2.49. The SMILES string of the molecule is CNCCCc1ccc(CC2C(C)(C)OC(=NCC[C@H](O)c3ccccc3F)NS2(=O)=O)cc1. The van der Waals surface area contributed by atoms with Crippen LogP contribution in [0.15, 0.2) is 53.5 Å². The molecule has 3 N–H and O–H groups in total. The summed E-state index contributed by atoms with van der Waals surface area (Å²) < 4.78 is 48.2. The van der Waals surface area contributed by atoms with E-state index in [1.807, 2.05) is 31.3 Å². The Labute approximate surface area is 201 Å². The molecule has 0 radical (unpaired) electrons. The van der Waals surface area contributed by atoms with E-state index < -0.39 is 32.8 Å². The van der Waals surface area contributed by atoms with Crippen molar-refractivity contribution in [2.75, 3.05) is 20.1 Å². The summed E-state index contributed by atoms with van der Waals surface area (Å²) in [5.41, 5.74) is 1.30. The van der Waals surface area contributed by atoms with Crippen LogP contribution in [0.2, 0.25) is 0 Å². The number of halogens is 1. The summed E-state index contributed by atoms with van der Waals surface area (Å²) in [5.74, 6) is -0.493. The molecule has 2 aromatic rings. The predicted molar refractivity (Wildman–Crippen MR) is 132 cm³/mol. The molecular formula is C25H34FN3O4S. The van der Waals surface area contributed by atoms with Crippen molar-refractivity contribution >= 4 is 16.0 Å². The largest absolute Gasteiger partial charge is 0.457 e. The van der Waals surface area contributed by atoms with Gasteiger partial charge in [0, 0.05) is 12.1 Å². The molecule has 1 heterocycles. The molecule has 1 fully saturated rings. The molecule has 0 saturated carbocycles. The lowest BCUT2D eigenvalue weighted by Gasteiger charge is -2.39. The highest BCUT2D eigenvalue weighted by atomic mass is 32.2. The number of nitrogens with one attached hydrogen (secondary N) is 2. The molecule has 7 nitrogen and oxygen atoms in total. The van der Waals surface area contributed by atoms with Crippen LogP contribution in [0.1, 0.15) is 49.5 Å². The van der Waals surface area contributed by atoms with Gasteiger partial charge in [0.05, 0.1) is 6.10 Å². The molecule has 0 aromatic heterocycles. The maximum Gasteiger partial charge on any atom is 0.299 e. The molecule has 3 rings (SSSR count). The summed E-state index contributed by atoms with van der Waals surface area (Å²) in [7, 11) is -1.82. The van der Waals surface area contributed by atoms with Crippen molar-refractivity contribution in [1.29, 1.82) is 0 Å². The average Bonchev–Trinajstić information content (AvgIpc) is 2.77. The van der Waals surface area contributed by atoms with Crippen molar-refractivity contribution in [2.45, 2.75) is 56.5 Å². The molecule has 2 aromatic carbocycles. The van der Waals surface area contributed by atoms with Crippen molar-refractivity contribution in [2.24, 2.45) is 4.99 Å². The Kier molecular flexibility index (Phi) is 8.67. The maximum absolute atomic E-state index is 13.8. The molecule has 2 atom stereocenters. The van der Waals surface area contributed by atoms with Gasteiger partial charge in [-0.05, 0) is 70.3 Å². The molecule has 0 amide bonds. The summed E-state index contributed by atoms with van der Waals surface area (Å²) >= 11 is 0. The van der Waals surface area contributed by atoms with Crippen LogP contribution < -0.4 is 10.0 Å². The third kappa shape index (κ3) is 6.77. The minimum Gasteiger partial charge on any atom is -0.457 e. The van der Waals surface area contributed by atoms with Crippen LogP contribution in [0, 0.1) is 5.82 Å². The normalized spacial score (nSPS) is 21.0. The quantitative estimate of drug-likeness (QED) is 0.444. The zero-order chi connectivity index (χ0) is 24.8. The molecule has 0 bridgehead atoms. The minimum absolute atomic E-state index is 0.0725. The number of benzene rings is 2. The fraction of sp³-hybridized carbons (Fsp3) is 0.480. The lowest BCUT2D eigenvalue weighted by Crippen LogP contribution is -2.59. The first-order valence-electron chi connectivity index (χ1n) is 11.5. The van der Waals surface area contributed by atoms with Crippen LogP contribution in [0.3, 0.4) is 0 Å². The standard InChI is InChI=1S/C25H34FN3O4S/c1-25(2)23(17-19-12-10-18(11-13-19)7-6-15-27-3)34(31,32)29-24(33-25)28-16-14-22(30)20-8-4-5-9-21(20)26/h4-5,8-13,22-23,27,30H,6-7,14-17H2,1-3H3,(H,28,29)/t22-,23?/m0/s1. The number of sulfonamides is 1. The van der Waals surface area contributed by atoms with E-state index in [-0.39, 0.29) is 24.6 Å². The van der Waals surface area contributed by atoms with E-state index in [2.05, 4.69) is 15.0 Å². The molecule has 1 aliphatic heterocycles. The van der Waals surface area contributed by atoms with Gasteiger partial charge in [0.15, 0.2) is 0 Å². The van der Waals surface area contributed by atoms with Crippen molar-refractivity contribution in [3.05, 3.63) is 71.0 Å². The Morgan fingerprint density at radius 1 is 1.18 bits per heavy atom. The summed E-state index contributed by atoms with van der Waals surface area (Å²) in [6, 6.07) is 13.9. The lowest BCUT2D eigenvalue weighted by atomic mass is 9.96. The lowest BCUT2D eigenvalue weighted by molar-refractivity contribution is 0.0764. The highest BCUT2D eigenvalue weighted by Gasteiger charge is 2.47. The summed E-state index contributed by atoms with van der Waals surface area (Å²) in [6.07, 6.45) is 1.38. The van der Waals surface area contributed by atoms with E-state index in [1.54, 1.807) is 26.0 Å². The summed E-state index contributed by atoms with van der Waals surface area (Å²) in [4.78, 5) is 4.17. The van der Waals surface area contributed by atoms with E-state index in [0.29, 0.717) is 6.42 Å². The molecule has 1 aliphatic rings. The smallest absolute Gasteiger partial charge is 0.299 e. The molecule has 34 heavy (non-hydrogen) atoms. The topological polar surface area (TPSA) is 100 Å². The van der Waals surface area contributed by atoms with Gasteiger partial charge in [-0.2, -0.15) is 0 Å². The molecule has 1 unspecified atom stereocenters. The van der Waals surface area contributed by atoms with Gasteiger partial charge in [-0.25, -0.2) is 22.5 Å². The van der Waals surface area contributed by atoms with Gasteiger partial charge in [0.1, 0.15) is 16.7 Å². The molecule has 1 saturated heterocycles. The molecule has 0 spiro atoms. The first kappa shape index (κ1) is 26.1. The number of hydrogen-bond acceptors (Lipinski definition) is 6. The van der Waals surface area contributed by atoms with Gasteiger partial charge >= 0.3 is 0 Å². The van der Waals surface area contributed by atoms with E-state index in [9.17, 15) is 17.9 Å². The van der Waals surface area contributed by atoms with Crippen molar-refractivity contribution in [3.8, 4) is 0 Å². The molecular weight excluding hydrogens is 457 g/mol.